The van der Waals surface area contributed by atoms with Gasteiger partial charge in [0.1, 0.15) is 11.4 Å². The molecule has 2 rings (SSSR count). The quantitative estimate of drug-likeness (QED) is 0.794. The van der Waals surface area contributed by atoms with Gasteiger partial charge in [-0.15, -0.1) is 0 Å². The highest BCUT2D eigenvalue weighted by molar-refractivity contribution is 9.10. The number of halogens is 2. The molecule has 0 spiro atoms. The minimum absolute atomic E-state index is 0.0738. The third-order valence-corrected chi connectivity index (χ3v) is 3.80. The Bertz CT molecular complexity index is 464. The standard InChI is InChI=1S/C14H16BrFO3/c1-2-19-14(5-7-18-8-6-14)13(17)11-9-10(15)3-4-12(11)16/h3-4,9H,2,5-8H2,1H3. The molecule has 1 aliphatic heterocycles. The monoisotopic (exact) mass is 330 g/mol. The van der Waals surface area contributed by atoms with Crippen LogP contribution in [0.15, 0.2) is 22.7 Å². The number of hydrogen-bond donors (Lipinski definition) is 0. The van der Waals surface area contributed by atoms with E-state index in [1.165, 1.54) is 12.1 Å². The first-order valence-electron chi connectivity index (χ1n) is 6.30. The molecular formula is C14H16BrFO3. The molecule has 5 heteroatoms. The molecular weight excluding hydrogens is 315 g/mol. The topological polar surface area (TPSA) is 35.5 Å². The van der Waals surface area contributed by atoms with Gasteiger partial charge in [-0.1, -0.05) is 15.9 Å². The van der Waals surface area contributed by atoms with Crippen LogP contribution in [0.25, 0.3) is 0 Å². The molecule has 3 nitrogen and oxygen atoms in total. The first-order chi connectivity index (χ1) is 9.09. The zero-order valence-corrected chi connectivity index (χ0v) is 12.3. The number of Topliss-reactive ketones (excluding diaryl/α,β-unsaturated/α-hetero) is 1. The van der Waals surface area contributed by atoms with Gasteiger partial charge in [-0.05, 0) is 25.1 Å². The summed E-state index contributed by atoms with van der Waals surface area (Å²) in [4.78, 5) is 12.6. The van der Waals surface area contributed by atoms with Gasteiger partial charge in [-0.3, -0.25) is 4.79 Å². The molecule has 0 atom stereocenters. The van der Waals surface area contributed by atoms with Crippen molar-refractivity contribution in [1.29, 1.82) is 0 Å². The summed E-state index contributed by atoms with van der Waals surface area (Å²) in [5.74, 6) is -0.810. The van der Waals surface area contributed by atoms with E-state index in [1.807, 2.05) is 6.92 Å². The number of rotatable bonds is 4. The number of carbonyl (C=O) groups excluding carboxylic acids is 1. The maximum atomic E-state index is 13.9. The van der Waals surface area contributed by atoms with E-state index in [0.717, 1.165) is 0 Å². The van der Waals surface area contributed by atoms with Gasteiger partial charge in [-0.25, -0.2) is 4.39 Å². The predicted octanol–water partition coefficient (Wildman–Crippen LogP) is 3.36. The lowest BCUT2D eigenvalue weighted by Gasteiger charge is -2.35. The maximum Gasteiger partial charge on any atom is 0.197 e. The lowest BCUT2D eigenvalue weighted by atomic mass is 9.85. The van der Waals surface area contributed by atoms with Crippen LogP contribution in [-0.2, 0) is 9.47 Å². The Hall–Kier alpha value is -0.780. The first-order valence-corrected chi connectivity index (χ1v) is 7.10. The summed E-state index contributed by atoms with van der Waals surface area (Å²) in [5, 5.41) is 0. The third kappa shape index (κ3) is 3.04. The van der Waals surface area contributed by atoms with Crippen LogP contribution in [0, 0.1) is 5.82 Å². The van der Waals surface area contributed by atoms with Gasteiger partial charge < -0.3 is 9.47 Å². The summed E-state index contributed by atoms with van der Waals surface area (Å²) in [6, 6.07) is 4.37. The zero-order valence-electron chi connectivity index (χ0n) is 10.7. The number of benzene rings is 1. The van der Waals surface area contributed by atoms with E-state index < -0.39 is 11.4 Å². The second kappa shape index (κ2) is 6.11. The van der Waals surface area contributed by atoms with Crippen molar-refractivity contribution in [2.75, 3.05) is 19.8 Å². The molecule has 0 aliphatic carbocycles. The first kappa shape index (κ1) is 14.6. The Kier molecular flexibility index (Phi) is 4.71. The minimum atomic E-state index is -0.950. The summed E-state index contributed by atoms with van der Waals surface area (Å²) in [6.07, 6.45) is 0.928. The van der Waals surface area contributed by atoms with E-state index in [1.54, 1.807) is 6.07 Å². The Labute approximate surface area is 120 Å². The summed E-state index contributed by atoms with van der Waals surface area (Å²) in [7, 11) is 0. The molecule has 0 radical (unpaired) electrons. The number of ketones is 1. The van der Waals surface area contributed by atoms with E-state index in [-0.39, 0.29) is 11.3 Å². The van der Waals surface area contributed by atoms with Gasteiger partial charge in [0.05, 0.1) is 5.56 Å². The van der Waals surface area contributed by atoms with Crippen LogP contribution < -0.4 is 0 Å². The third-order valence-electron chi connectivity index (χ3n) is 3.31. The second-order valence-corrected chi connectivity index (χ2v) is 5.41. The summed E-state index contributed by atoms with van der Waals surface area (Å²) in [6.45, 7) is 3.17. The molecule has 1 aromatic rings. The van der Waals surface area contributed by atoms with Crippen molar-refractivity contribution in [3.05, 3.63) is 34.1 Å². The summed E-state index contributed by atoms with van der Waals surface area (Å²) >= 11 is 3.26. The number of ether oxygens (including phenoxy) is 2. The average molecular weight is 331 g/mol. The molecule has 0 unspecified atom stereocenters. The Balaban J connectivity index is 2.36. The zero-order chi connectivity index (χ0) is 13.9. The maximum absolute atomic E-state index is 13.9. The van der Waals surface area contributed by atoms with Gasteiger partial charge in [0.2, 0.25) is 0 Å². The largest absolute Gasteiger partial charge is 0.381 e. The lowest BCUT2D eigenvalue weighted by Crippen LogP contribution is -2.46. The molecule has 1 aliphatic rings. The van der Waals surface area contributed by atoms with Crippen LogP contribution in [0.5, 0.6) is 0 Å². The van der Waals surface area contributed by atoms with Crippen LogP contribution >= 0.6 is 15.9 Å². The smallest absolute Gasteiger partial charge is 0.197 e. The fraction of sp³-hybridized carbons (Fsp3) is 0.500. The van der Waals surface area contributed by atoms with Crippen molar-refractivity contribution >= 4 is 21.7 Å². The Morgan fingerprint density at radius 3 is 2.79 bits per heavy atom. The van der Waals surface area contributed by atoms with Crippen LogP contribution in [0.2, 0.25) is 0 Å². The molecule has 0 aromatic heterocycles. The molecule has 104 valence electrons. The molecule has 0 bridgehead atoms. The van der Waals surface area contributed by atoms with Gasteiger partial charge >= 0.3 is 0 Å². The van der Waals surface area contributed by atoms with E-state index in [2.05, 4.69) is 15.9 Å². The molecule has 0 saturated carbocycles. The van der Waals surface area contributed by atoms with Gasteiger partial charge in [0, 0.05) is 37.1 Å². The van der Waals surface area contributed by atoms with Crippen molar-refractivity contribution in [1.82, 2.24) is 0 Å². The van der Waals surface area contributed by atoms with Crippen LogP contribution in [0.1, 0.15) is 30.1 Å². The van der Waals surface area contributed by atoms with Crippen molar-refractivity contribution in [2.45, 2.75) is 25.4 Å². The summed E-state index contributed by atoms with van der Waals surface area (Å²) < 4.78 is 25.5. The van der Waals surface area contributed by atoms with Crippen LogP contribution in [-0.4, -0.2) is 31.2 Å². The normalized spacial score (nSPS) is 18.3. The molecule has 1 saturated heterocycles. The molecule has 1 aromatic carbocycles. The van der Waals surface area contributed by atoms with Crippen molar-refractivity contribution in [2.24, 2.45) is 0 Å². The molecule has 1 heterocycles. The lowest BCUT2D eigenvalue weighted by molar-refractivity contribution is -0.0823. The van der Waals surface area contributed by atoms with E-state index in [9.17, 15) is 9.18 Å². The second-order valence-electron chi connectivity index (χ2n) is 4.49. The van der Waals surface area contributed by atoms with Crippen LogP contribution in [0.3, 0.4) is 0 Å². The summed E-state index contributed by atoms with van der Waals surface area (Å²) in [5.41, 5.74) is -0.876. The fourth-order valence-electron chi connectivity index (χ4n) is 2.33. The highest BCUT2D eigenvalue weighted by atomic mass is 79.9. The highest BCUT2D eigenvalue weighted by Gasteiger charge is 2.42. The average Bonchev–Trinajstić information content (AvgIpc) is 2.42. The molecule has 1 fully saturated rings. The van der Waals surface area contributed by atoms with Gasteiger partial charge in [-0.2, -0.15) is 0 Å². The SMILES string of the molecule is CCOC1(C(=O)c2cc(Br)ccc2F)CCOCC1. The fourth-order valence-corrected chi connectivity index (χ4v) is 2.69. The predicted molar refractivity (Wildman–Crippen MR) is 72.8 cm³/mol. The van der Waals surface area contributed by atoms with Gasteiger partial charge in [0.15, 0.2) is 5.78 Å². The van der Waals surface area contributed by atoms with E-state index in [4.69, 9.17) is 9.47 Å². The highest BCUT2D eigenvalue weighted by Crippen LogP contribution is 2.31. The number of hydrogen-bond acceptors (Lipinski definition) is 3. The van der Waals surface area contributed by atoms with E-state index in [0.29, 0.717) is 37.1 Å². The van der Waals surface area contributed by atoms with Gasteiger partial charge in [0.25, 0.3) is 0 Å². The van der Waals surface area contributed by atoms with Crippen molar-refractivity contribution < 1.29 is 18.7 Å². The Morgan fingerprint density at radius 1 is 1.47 bits per heavy atom. The molecule has 19 heavy (non-hydrogen) atoms. The van der Waals surface area contributed by atoms with Crippen molar-refractivity contribution in [3.63, 3.8) is 0 Å². The minimum Gasteiger partial charge on any atom is -0.381 e. The molecule has 0 amide bonds. The van der Waals surface area contributed by atoms with Crippen LogP contribution in [0.4, 0.5) is 4.39 Å². The van der Waals surface area contributed by atoms with Crippen molar-refractivity contribution in [3.8, 4) is 0 Å². The molecule has 0 N–H and O–H groups in total. The Morgan fingerprint density at radius 2 is 2.16 bits per heavy atom. The van der Waals surface area contributed by atoms with E-state index >= 15 is 0 Å². The number of carbonyl (C=O) groups is 1.